The second-order valence-corrected chi connectivity index (χ2v) is 10.4. The van der Waals surface area contributed by atoms with E-state index >= 15 is 0 Å². The topological polar surface area (TPSA) is 105 Å². The number of rotatable bonds is 3. The molecule has 180 valence electrons. The first-order chi connectivity index (χ1) is 16.3. The summed E-state index contributed by atoms with van der Waals surface area (Å²) >= 11 is 0. The number of piperazine rings is 1. The molecular weight excluding hydrogens is 465 g/mol. The molecule has 0 radical (unpaired) electrons. The van der Waals surface area contributed by atoms with E-state index < -0.39 is 21.8 Å². The van der Waals surface area contributed by atoms with Crippen LogP contribution in [0.3, 0.4) is 0 Å². The number of carbonyl (C=O) groups is 2. The van der Waals surface area contributed by atoms with Crippen molar-refractivity contribution in [1.29, 1.82) is 0 Å². The molecule has 1 atom stereocenters. The smallest absolute Gasteiger partial charge is 0.243 e. The molecule has 1 N–H and O–H groups in total. The Bertz CT molecular complexity index is 1240. The molecule has 9 nitrogen and oxygen atoms in total. The van der Waals surface area contributed by atoms with Crippen LogP contribution in [0.25, 0.3) is 0 Å². The third-order valence-electron chi connectivity index (χ3n) is 6.26. The van der Waals surface area contributed by atoms with Crippen molar-refractivity contribution in [3.63, 3.8) is 0 Å². The summed E-state index contributed by atoms with van der Waals surface area (Å²) in [5.74, 6) is -0.931. The van der Waals surface area contributed by atoms with Gasteiger partial charge >= 0.3 is 0 Å². The molecule has 34 heavy (non-hydrogen) atoms. The quantitative estimate of drug-likeness (QED) is 0.707. The molecule has 3 aliphatic heterocycles. The zero-order valence-electron chi connectivity index (χ0n) is 18.3. The van der Waals surface area contributed by atoms with Crippen LogP contribution in [0.15, 0.2) is 41.3 Å². The Balaban J connectivity index is 1.29. The molecule has 0 aromatic heterocycles. The van der Waals surface area contributed by atoms with Gasteiger partial charge in [0.05, 0.1) is 24.0 Å². The number of carbonyl (C=O) groups excluding carboxylic acids is 2. The summed E-state index contributed by atoms with van der Waals surface area (Å²) in [5.41, 5.74) is 0.860. The molecule has 0 spiro atoms. The van der Waals surface area contributed by atoms with Crippen LogP contribution >= 0.6 is 0 Å². The molecule has 1 unspecified atom stereocenters. The number of halogens is 1. The van der Waals surface area contributed by atoms with Gasteiger partial charge in [0, 0.05) is 50.8 Å². The van der Waals surface area contributed by atoms with Crippen LogP contribution in [0.1, 0.15) is 24.3 Å². The highest BCUT2D eigenvalue weighted by molar-refractivity contribution is 7.89. The maximum atomic E-state index is 13.6. The number of hydrogen-bond acceptors (Lipinski definition) is 6. The van der Waals surface area contributed by atoms with Crippen LogP contribution in [0.5, 0.6) is 11.5 Å². The Kier molecular flexibility index (Phi) is 5.90. The Morgan fingerprint density at radius 3 is 2.50 bits per heavy atom. The number of benzene rings is 2. The second-order valence-electron chi connectivity index (χ2n) is 8.42. The first-order valence-electron chi connectivity index (χ1n) is 11.1. The zero-order valence-corrected chi connectivity index (χ0v) is 19.1. The summed E-state index contributed by atoms with van der Waals surface area (Å²) in [6, 6.07) is 8.55. The van der Waals surface area contributed by atoms with Gasteiger partial charge in [-0.15, -0.1) is 0 Å². The predicted molar refractivity (Wildman–Crippen MR) is 120 cm³/mol. The van der Waals surface area contributed by atoms with Gasteiger partial charge < -0.3 is 19.7 Å². The van der Waals surface area contributed by atoms with Crippen LogP contribution in [-0.2, 0) is 19.6 Å². The molecule has 2 amide bonds. The van der Waals surface area contributed by atoms with E-state index in [1.54, 1.807) is 11.0 Å². The summed E-state index contributed by atoms with van der Waals surface area (Å²) < 4.78 is 52.5. The molecule has 3 aliphatic rings. The third-order valence-corrected chi connectivity index (χ3v) is 8.15. The number of nitrogens with one attached hydrogen (secondary N) is 1. The van der Waals surface area contributed by atoms with Crippen molar-refractivity contribution >= 4 is 27.5 Å². The minimum Gasteiger partial charge on any atom is -0.490 e. The van der Waals surface area contributed by atoms with Crippen LogP contribution in [0, 0.1) is 5.82 Å². The van der Waals surface area contributed by atoms with Crippen molar-refractivity contribution in [1.82, 2.24) is 9.21 Å². The van der Waals surface area contributed by atoms with E-state index in [0.717, 1.165) is 6.42 Å². The highest BCUT2D eigenvalue weighted by Gasteiger charge is 2.37. The molecule has 5 rings (SSSR count). The number of hydrogen-bond donors (Lipinski definition) is 1. The number of fused-ring (bicyclic) bond motifs is 2. The van der Waals surface area contributed by atoms with Crippen molar-refractivity contribution in [2.45, 2.75) is 23.7 Å². The van der Waals surface area contributed by atoms with Crippen LogP contribution in [0.4, 0.5) is 10.1 Å². The SMILES string of the molecule is O=C1CC(C(=O)N2CCN(S(=O)(=O)c3ccc4c(c3)OCCCO4)CC2)c2ccc(F)cc2N1. The highest BCUT2D eigenvalue weighted by Crippen LogP contribution is 2.35. The van der Waals surface area contributed by atoms with Crippen molar-refractivity contribution in [2.24, 2.45) is 0 Å². The number of amides is 2. The fraction of sp³-hybridized carbons (Fsp3) is 0.391. The van der Waals surface area contributed by atoms with E-state index in [2.05, 4.69) is 5.32 Å². The summed E-state index contributed by atoms with van der Waals surface area (Å²) in [4.78, 5) is 27.0. The average molecular weight is 490 g/mol. The summed E-state index contributed by atoms with van der Waals surface area (Å²) in [6.45, 7) is 1.59. The van der Waals surface area contributed by atoms with Gasteiger partial charge in [0.15, 0.2) is 11.5 Å². The minimum absolute atomic E-state index is 0.0345. The molecule has 1 fully saturated rings. The van der Waals surface area contributed by atoms with Gasteiger partial charge in [-0.3, -0.25) is 9.59 Å². The number of nitrogens with zero attached hydrogens (tertiary/aromatic N) is 2. The van der Waals surface area contributed by atoms with E-state index in [4.69, 9.17) is 9.47 Å². The Labute approximate surface area is 196 Å². The molecular formula is C23H24FN3O6S. The summed E-state index contributed by atoms with van der Waals surface area (Å²) in [5, 5.41) is 2.60. The lowest BCUT2D eigenvalue weighted by molar-refractivity contribution is -0.136. The molecule has 2 aromatic carbocycles. The van der Waals surface area contributed by atoms with Crippen molar-refractivity contribution < 1.29 is 31.9 Å². The van der Waals surface area contributed by atoms with Gasteiger partial charge in [-0.1, -0.05) is 6.07 Å². The van der Waals surface area contributed by atoms with E-state index in [1.165, 1.54) is 34.6 Å². The summed E-state index contributed by atoms with van der Waals surface area (Å²) in [6.07, 6.45) is 0.683. The standard InChI is InChI=1S/C23H24FN3O6S/c24-15-2-4-17-18(14-22(28)25-19(17)12-15)23(29)26-6-8-27(9-7-26)34(30,31)16-3-5-20-21(13-16)33-11-1-10-32-20/h2-5,12-13,18H,1,6-11,14H2,(H,25,28). The summed E-state index contributed by atoms with van der Waals surface area (Å²) in [7, 11) is -3.79. The van der Waals surface area contributed by atoms with Crippen molar-refractivity contribution in [2.75, 3.05) is 44.7 Å². The van der Waals surface area contributed by atoms with E-state index in [0.29, 0.717) is 36.0 Å². The molecule has 0 aliphatic carbocycles. The lowest BCUT2D eigenvalue weighted by Crippen LogP contribution is -2.52. The maximum absolute atomic E-state index is 13.6. The fourth-order valence-electron chi connectivity index (χ4n) is 4.48. The van der Waals surface area contributed by atoms with Crippen LogP contribution in [-0.4, -0.2) is 68.8 Å². The Morgan fingerprint density at radius 1 is 1.00 bits per heavy atom. The molecule has 11 heteroatoms. The van der Waals surface area contributed by atoms with E-state index in [1.807, 2.05) is 0 Å². The number of ether oxygens (including phenoxy) is 2. The average Bonchev–Trinajstić information content (AvgIpc) is 3.08. The molecule has 0 bridgehead atoms. The van der Waals surface area contributed by atoms with Crippen molar-refractivity contribution in [3.8, 4) is 11.5 Å². The maximum Gasteiger partial charge on any atom is 0.243 e. The first kappa shape index (κ1) is 22.6. The fourth-order valence-corrected chi connectivity index (χ4v) is 5.92. The van der Waals surface area contributed by atoms with E-state index in [-0.39, 0.29) is 49.3 Å². The molecule has 2 aromatic rings. The minimum atomic E-state index is -3.79. The molecule has 0 saturated carbocycles. The van der Waals surface area contributed by atoms with Gasteiger partial charge in [0.1, 0.15) is 5.82 Å². The third kappa shape index (κ3) is 4.21. The van der Waals surface area contributed by atoms with Gasteiger partial charge in [0.2, 0.25) is 21.8 Å². The lowest BCUT2D eigenvalue weighted by Gasteiger charge is -2.36. The van der Waals surface area contributed by atoms with Gasteiger partial charge in [-0.25, -0.2) is 12.8 Å². The van der Waals surface area contributed by atoms with Crippen molar-refractivity contribution in [3.05, 3.63) is 47.8 Å². The number of sulfonamides is 1. The number of anilines is 1. The van der Waals surface area contributed by atoms with Gasteiger partial charge in [-0.2, -0.15) is 4.31 Å². The predicted octanol–water partition coefficient (Wildman–Crippen LogP) is 1.95. The highest BCUT2D eigenvalue weighted by atomic mass is 32.2. The normalized spacial score (nSPS) is 20.8. The largest absolute Gasteiger partial charge is 0.490 e. The zero-order chi connectivity index (χ0) is 23.9. The van der Waals surface area contributed by atoms with Gasteiger partial charge in [-0.05, 0) is 29.8 Å². The molecule has 3 heterocycles. The second kappa shape index (κ2) is 8.88. The Hall–Kier alpha value is -3.18. The van der Waals surface area contributed by atoms with Crippen LogP contribution < -0.4 is 14.8 Å². The van der Waals surface area contributed by atoms with E-state index in [9.17, 15) is 22.4 Å². The molecule has 1 saturated heterocycles. The Morgan fingerprint density at radius 2 is 1.74 bits per heavy atom. The van der Waals surface area contributed by atoms with Gasteiger partial charge in [0.25, 0.3) is 0 Å². The lowest BCUT2D eigenvalue weighted by atomic mass is 9.89. The first-order valence-corrected chi connectivity index (χ1v) is 12.5. The van der Waals surface area contributed by atoms with Crippen LogP contribution in [0.2, 0.25) is 0 Å². The monoisotopic (exact) mass is 489 g/mol.